The molecule has 1 aliphatic carbocycles. The summed E-state index contributed by atoms with van der Waals surface area (Å²) >= 11 is 0. The third-order valence-electron chi connectivity index (χ3n) is 6.51. The van der Waals surface area contributed by atoms with Crippen LogP contribution in [0.4, 0.5) is 10.2 Å². The second-order valence-electron chi connectivity index (χ2n) is 9.26. The fourth-order valence-electron chi connectivity index (χ4n) is 4.45. The predicted molar refractivity (Wildman–Crippen MR) is 148 cm³/mol. The van der Waals surface area contributed by atoms with Crippen molar-refractivity contribution in [2.45, 2.75) is 26.3 Å². The Kier molecular flexibility index (Phi) is 7.35. The summed E-state index contributed by atoms with van der Waals surface area (Å²) in [7, 11) is 0. The molecule has 0 saturated carbocycles. The molecule has 1 aromatic heterocycles. The molecule has 0 saturated heterocycles. The first-order valence-corrected chi connectivity index (χ1v) is 12.5. The first-order valence-electron chi connectivity index (χ1n) is 12.5. The molecule has 6 nitrogen and oxygen atoms in total. The van der Waals surface area contributed by atoms with E-state index in [4.69, 9.17) is 0 Å². The SMILES string of the molecule is Cc1ccc(CNC(=O)c2cccnc2NC/C=C/c2ccc3c(c2)CC(=O)/C3=C\C2=CN=CC2)cc1F. The quantitative estimate of drug-likeness (QED) is 0.398. The molecule has 0 spiro atoms. The summed E-state index contributed by atoms with van der Waals surface area (Å²) in [6.45, 7) is 2.37. The Bertz CT molecular complexity index is 1530. The molecule has 2 aromatic carbocycles. The van der Waals surface area contributed by atoms with Gasteiger partial charge in [-0.1, -0.05) is 42.5 Å². The van der Waals surface area contributed by atoms with E-state index in [1.165, 1.54) is 6.07 Å². The molecule has 38 heavy (non-hydrogen) atoms. The topological polar surface area (TPSA) is 83.5 Å². The van der Waals surface area contributed by atoms with Crippen LogP contribution in [-0.2, 0) is 17.8 Å². The molecule has 2 aliphatic rings. The van der Waals surface area contributed by atoms with Crippen molar-refractivity contribution in [3.63, 3.8) is 0 Å². The van der Waals surface area contributed by atoms with Crippen molar-refractivity contribution in [3.8, 4) is 0 Å². The van der Waals surface area contributed by atoms with Crippen LogP contribution < -0.4 is 10.6 Å². The van der Waals surface area contributed by atoms with E-state index in [9.17, 15) is 14.0 Å². The van der Waals surface area contributed by atoms with Crippen LogP contribution in [0, 0.1) is 12.7 Å². The van der Waals surface area contributed by atoms with Crippen LogP contribution >= 0.6 is 0 Å². The summed E-state index contributed by atoms with van der Waals surface area (Å²) in [5, 5.41) is 6.01. The van der Waals surface area contributed by atoms with Crippen molar-refractivity contribution >= 4 is 35.4 Å². The van der Waals surface area contributed by atoms with Gasteiger partial charge in [0.05, 0.1) is 5.56 Å². The summed E-state index contributed by atoms with van der Waals surface area (Å²) in [5.74, 6) is 0.00180. The van der Waals surface area contributed by atoms with Crippen molar-refractivity contribution < 1.29 is 14.0 Å². The highest BCUT2D eigenvalue weighted by atomic mass is 19.1. The first kappa shape index (κ1) is 25.0. The Balaban J connectivity index is 1.20. The van der Waals surface area contributed by atoms with Gasteiger partial charge in [0.1, 0.15) is 11.6 Å². The van der Waals surface area contributed by atoms with Gasteiger partial charge in [-0.2, -0.15) is 0 Å². The molecule has 0 unspecified atom stereocenters. The van der Waals surface area contributed by atoms with Gasteiger partial charge in [0.15, 0.2) is 5.78 Å². The predicted octanol–water partition coefficient (Wildman–Crippen LogP) is 5.45. The van der Waals surface area contributed by atoms with Gasteiger partial charge in [-0.3, -0.25) is 14.6 Å². The van der Waals surface area contributed by atoms with Crippen LogP contribution in [0.25, 0.3) is 11.6 Å². The number of aryl methyl sites for hydroxylation is 1. The Morgan fingerprint density at radius 2 is 2.05 bits per heavy atom. The van der Waals surface area contributed by atoms with E-state index in [0.717, 1.165) is 34.3 Å². The van der Waals surface area contributed by atoms with Crippen LogP contribution in [0.1, 0.15) is 44.6 Å². The minimum absolute atomic E-state index is 0.129. The summed E-state index contributed by atoms with van der Waals surface area (Å²) in [6, 6.07) is 14.3. The van der Waals surface area contributed by atoms with Crippen molar-refractivity contribution in [3.05, 3.63) is 118 Å². The van der Waals surface area contributed by atoms with Crippen LogP contribution in [0.5, 0.6) is 0 Å². The lowest BCUT2D eigenvalue weighted by molar-refractivity contribution is -0.112. The van der Waals surface area contributed by atoms with Crippen LogP contribution in [0.2, 0.25) is 0 Å². The van der Waals surface area contributed by atoms with Gasteiger partial charge in [-0.05, 0) is 64.6 Å². The number of anilines is 1. The highest BCUT2D eigenvalue weighted by molar-refractivity contribution is 6.26. The number of nitrogens with one attached hydrogen (secondary N) is 2. The number of Topliss-reactive ketones (excluding diaryl/α,β-unsaturated/α-hetero) is 1. The average Bonchev–Trinajstić information content (AvgIpc) is 3.55. The number of nitrogens with zero attached hydrogens (tertiary/aromatic N) is 2. The lowest BCUT2D eigenvalue weighted by atomic mass is 10.0. The summed E-state index contributed by atoms with van der Waals surface area (Å²) < 4.78 is 13.8. The van der Waals surface area contributed by atoms with E-state index in [2.05, 4.69) is 20.6 Å². The molecule has 190 valence electrons. The maximum atomic E-state index is 13.8. The number of carbonyl (C=O) groups excluding carboxylic acids is 2. The third-order valence-corrected chi connectivity index (χ3v) is 6.51. The number of ketones is 1. The molecule has 5 rings (SSSR count). The lowest BCUT2D eigenvalue weighted by Crippen LogP contribution is -2.24. The monoisotopic (exact) mass is 506 g/mol. The van der Waals surface area contributed by atoms with Crippen molar-refractivity contribution in [2.75, 3.05) is 11.9 Å². The smallest absolute Gasteiger partial charge is 0.255 e. The molecule has 1 amide bonds. The van der Waals surface area contributed by atoms with Gasteiger partial charge in [0, 0.05) is 50.1 Å². The number of aliphatic imine (C=N–C) groups is 1. The number of amides is 1. The maximum Gasteiger partial charge on any atom is 0.255 e. The van der Waals surface area contributed by atoms with E-state index in [0.29, 0.717) is 35.5 Å². The van der Waals surface area contributed by atoms with Gasteiger partial charge in [-0.25, -0.2) is 9.37 Å². The lowest BCUT2D eigenvalue weighted by Gasteiger charge is -2.10. The molecular formula is C31H27FN4O2. The van der Waals surface area contributed by atoms with Crippen LogP contribution in [-0.4, -0.2) is 29.4 Å². The highest BCUT2D eigenvalue weighted by Crippen LogP contribution is 2.32. The Morgan fingerprint density at radius 1 is 1.16 bits per heavy atom. The van der Waals surface area contributed by atoms with E-state index in [-0.39, 0.29) is 24.1 Å². The molecule has 7 heteroatoms. The van der Waals surface area contributed by atoms with E-state index in [1.807, 2.05) is 42.6 Å². The normalized spacial score (nSPS) is 15.3. The molecule has 3 aromatic rings. The fourth-order valence-corrected chi connectivity index (χ4v) is 4.45. The molecule has 1 aliphatic heterocycles. The van der Waals surface area contributed by atoms with Crippen LogP contribution in [0.3, 0.4) is 0 Å². The summed E-state index contributed by atoms with van der Waals surface area (Å²) in [5.41, 5.74) is 6.45. The number of hydrogen-bond donors (Lipinski definition) is 2. The number of halogens is 1. The van der Waals surface area contributed by atoms with E-state index < -0.39 is 0 Å². The average molecular weight is 507 g/mol. The molecule has 0 bridgehead atoms. The molecule has 0 atom stereocenters. The number of benzene rings is 2. The van der Waals surface area contributed by atoms with Gasteiger partial charge in [0.25, 0.3) is 5.91 Å². The van der Waals surface area contributed by atoms with Gasteiger partial charge < -0.3 is 10.6 Å². The van der Waals surface area contributed by atoms with Gasteiger partial charge >= 0.3 is 0 Å². The number of hydrogen-bond acceptors (Lipinski definition) is 5. The number of allylic oxidation sites excluding steroid dienone is 3. The molecule has 2 heterocycles. The second kappa shape index (κ2) is 11.2. The molecule has 0 fully saturated rings. The second-order valence-corrected chi connectivity index (χ2v) is 9.26. The Morgan fingerprint density at radius 3 is 2.87 bits per heavy atom. The molecular weight excluding hydrogens is 479 g/mol. The van der Waals surface area contributed by atoms with Crippen molar-refractivity contribution in [1.82, 2.24) is 10.3 Å². The number of rotatable bonds is 8. The highest BCUT2D eigenvalue weighted by Gasteiger charge is 2.24. The largest absolute Gasteiger partial charge is 0.366 e. The molecule has 0 radical (unpaired) electrons. The first-order chi connectivity index (χ1) is 18.5. The van der Waals surface area contributed by atoms with Crippen LogP contribution in [0.15, 0.2) is 83.6 Å². The van der Waals surface area contributed by atoms with E-state index >= 15 is 0 Å². The number of carbonyl (C=O) groups is 2. The fraction of sp³-hybridized carbons (Fsp3) is 0.161. The summed E-state index contributed by atoms with van der Waals surface area (Å²) in [4.78, 5) is 33.8. The number of fused-ring (bicyclic) bond motifs is 1. The summed E-state index contributed by atoms with van der Waals surface area (Å²) in [6.07, 6.45) is 12.3. The maximum absolute atomic E-state index is 13.8. The number of pyridine rings is 1. The zero-order valence-electron chi connectivity index (χ0n) is 21.0. The minimum atomic E-state index is -0.295. The van der Waals surface area contributed by atoms with Gasteiger partial charge in [-0.15, -0.1) is 0 Å². The number of aromatic nitrogens is 1. The zero-order valence-corrected chi connectivity index (χ0v) is 21.0. The third kappa shape index (κ3) is 5.67. The van der Waals surface area contributed by atoms with Crippen molar-refractivity contribution in [1.29, 1.82) is 0 Å². The molecule has 2 N–H and O–H groups in total. The van der Waals surface area contributed by atoms with Crippen molar-refractivity contribution in [2.24, 2.45) is 4.99 Å². The van der Waals surface area contributed by atoms with Gasteiger partial charge in [0.2, 0.25) is 0 Å². The Labute approximate surface area is 220 Å². The Hall–Kier alpha value is -4.65. The minimum Gasteiger partial charge on any atom is -0.366 e. The zero-order chi connectivity index (χ0) is 26.5. The van der Waals surface area contributed by atoms with E-state index in [1.54, 1.807) is 43.6 Å². The standard InChI is InChI=1S/C31H27FN4O2/c1-20-6-7-22(16-28(20)32)19-36-31(38)26-5-3-12-35-30(26)34-11-2-4-21-8-9-25-24(14-21)17-29(37)27(25)15-23-10-13-33-18-23/h2-9,12-16,18H,10-11,17,19H2,1H3,(H,34,35)(H,36,38)/b4-2+,27-15-.